The number of benzene rings is 1. The van der Waals surface area contributed by atoms with E-state index >= 15 is 0 Å². The molecule has 0 heterocycles. The van der Waals surface area contributed by atoms with Crippen molar-refractivity contribution in [3.8, 4) is 5.75 Å². The van der Waals surface area contributed by atoms with Crippen LogP contribution in [0.25, 0.3) is 0 Å². The lowest BCUT2D eigenvalue weighted by molar-refractivity contribution is -0.276. The molecule has 0 N–H and O–H groups in total. The Hall–Kier alpha value is -1.59. The fraction of sp³-hybridized carbons (Fsp3) is 0.692. The van der Waals surface area contributed by atoms with Gasteiger partial charge < -0.3 is 4.74 Å². The summed E-state index contributed by atoms with van der Waals surface area (Å²) in [6.07, 6.45) is 13.2. The molecule has 3 rings (SSSR count). The third-order valence-corrected chi connectivity index (χ3v) is 7.38. The summed E-state index contributed by atoms with van der Waals surface area (Å²) in [5.74, 6) is -1.66. The van der Waals surface area contributed by atoms with Crippen molar-refractivity contribution in [2.75, 3.05) is 0 Å². The molecule has 0 aliphatic heterocycles. The minimum Gasteiger partial charge on any atom is -0.399 e. The first-order valence-electron chi connectivity index (χ1n) is 12.1. The zero-order valence-electron chi connectivity index (χ0n) is 18.9. The molecular formula is C26H35F5O. The molecule has 0 amide bonds. The highest BCUT2D eigenvalue weighted by Crippen LogP contribution is 2.41. The minimum atomic E-state index is -5.12. The van der Waals surface area contributed by atoms with E-state index in [0.717, 1.165) is 56.1 Å². The summed E-state index contributed by atoms with van der Waals surface area (Å²) in [5.41, 5.74) is 0.434. The lowest BCUT2D eigenvalue weighted by Crippen LogP contribution is -2.20. The summed E-state index contributed by atoms with van der Waals surface area (Å²) >= 11 is 0. The van der Waals surface area contributed by atoms with Crippen molar-refractivity contribution in [1.82, 2.24) is 0 Å². The first-order chi connectivity index (χ1) is 15.2. The average molecular weight is 459 g/mol. The fourth-order valence-corrected chi connectivity index (χ4v) is 5.50. The van der Waals surface area contributed by atoms with Crippen LogP contribution < -0.4 is 4.74 Å². The van der Waals surface area contributed by atoms with Gasteiger partial charge in [-0.2, -0.15) is 0 Å². The Kier molecular flexibility index (Phi) is 9.01. The number of alkyl halides is 3. The molecule has 2 aliphatic rings. The number of halogens is 5. The van der Waals surface area contributed by atoms with Crippen molar-refractivity contribution in [2.24, 2.45) is 17.8 Å². The van der Waals surface area contributed by atoms with Crippen LogP contribution in [-0.2, 0) is 0 Å². The Morgan fingerprint density at radius 3 is 1.81 bits per heavy atom. The second-order valence-electron chi connectivity index (χ2n) is 9.66. The first kappa shape index (κ1) is 25.0. The number of allylic oxidation sites excluding steroid dienone is 2. The van der Waals surface area contributed by atoms with Gasteiger partial charge in [0.15, 0.2) is 11.6 Å². The molecule has 0 bridgehead atoms. The van der Waals surface area contributed by atoms with Crippen molar-refractivity contribution >= 4 is 0 Å². The lowest BCUT2D eigenvalue weighted by Gasteiger charge is -2.32. The van der Waals surface area contributed by atoms with Gasteiger partial charge in [-0.15, -0.1) is 13.2 Å². The van der Waals surface area contributed by atoms with Gasteiger partial charge in [-0.3, -0.25) is 0 Å². The largest absolute Gasteiger partial charge is 0.573 e. The van der Waals surface area contributed by atoms with E-state index in [4.69, 9.17) is 0 Å². The minimum absolute atomic E-state index is 0.0122. The quantitative estimate of drug-likeness (QED) is 0.279. The van der Waals surface area contributed by atoms with E-state index in [1.165, 1.54) is 44.9 Å². The normalized spacial score (nSPS) is 27.1. The Morgan fingerprint density at radius 2 is 1.31 bits per heavy atom. The van der Waals surface area contributed by atoms with Crippen molar-refractivity contribution in [2.45, 2.75) is 96.3 Å². The van der Waals surface area contributed by atoms with E-state index in [2.05, 4.69) is 23.8 Å². The Morgan fingerprint density at radius 1 is 0.812 bits per heavy atom. The van der Waals surface area contributed by atoms with Crippen LogP contribution in [0.3, 0.4) is 0 Å². The maximum atomic E-state index is 14.0. The summed E-state index contributed by atoms with van der Waals surface area (Å²) < 4.78 is 68.6. The molecule has 0 saturated heterocycles. The van der Waals surface area contributed by atoms with Gasteiger partial charge in [0, 0.05) is 0 Å². The van der Waals surface area contributed by atoms with Crippen molar-refractivity contribution in [3.05, 3.63) is 41.5 Å². The number of ether oxygens (including phenoxy) is 1. The van der Waals surface area contributed by atoms with Gasteiger partial charge in [-0.1, -0.05) is 44.8 Å². The summed E-state index contributed by atoms with van der Waals surface area (Å²) in [5, 5.41) is 0. The molecule has 0 unspecified atom stereocenters. The zero-order chi connectivity index (χ0) is 23.1. The molecule has 2 saturated carbocycles. The maximum Gasteiger partial charge on any atom is 0.573 e. The molecule has 2 aliphatic carbocycles. The molecule has 1 nitrogen and oxygen atoms in total. The Balaban J connectivity index is 1.41. The second kappa shape index (κ2) is 11.5. The van der Waals surface area contributed by atoms with Crippen molar-refractivity contribution in [1.29, 1.82) is 0 Å². The highest BCUT2D eigenvalue weighted by atomic mass is 19.4. The monoisotopic (exact) mass is 458 g/mol. The smallest absolute Gasteiger partial charge is 0.399 e. The van der Waals surface area contributed by atoms with Gasteiger partial charge in [-0.05, 0) is 92.7 Å². The van der Waals surface area contributed by atoms with E-state index in [0.29, 0.717) is 11.5 Å². The molecule has 0 spiro atoms. The van der Waals surface area contributed by atoms with Crippen LogP contribution >= 0.6 is 0 Å². The van der Waals surface area contributed by atoms with E-state index in [9.17, 15) is 22.0 Å². The zero-order valence-corrected chi connectivity index (χ0v) is 18.9. The van der Waals surface area contributed by atoms with E-state index in [-0.39, 0.29) is 5.92 Å². The van der Waals surface area contributed by atoms with Crippen LogP contribution in [-0.4, -0.2) is 6.36 Å². The van der Waals surface area contributed by atoms with E-state index in [1.54, 1.807) is 0 Å². The molecule has 0 atom stereocenters. The molecule has 6 heteroatoms. The van der Waals surface area contributed by atoms with Gasteiger partial charge in [-0.25, -0.2) is 8.78 Å². The molecule has 1 aromatic rings. The van der Waals surface area contributed by atoms with Crippen LogP contribution in [0, 0.1) is 29.4 Å². The van der Waals surface area contributed by atoms with E-state index in [1.807, 2.05) is 0 Å². The van der Waals surface area contributed by atoms with Crippen LogP contribution in [0.1, 0.15) is 95.5 Å². The van der Waals surface area contributed by atoms with Gasteiger partial charge in [0.2, 0.25) is 5.75 Å². The summed E-state index contributed by atoms with van der Waals surface area (Å²) in [6, 6.07) is 2.01. The van der Waals surface area contributed by atoms with Crippen LogP contribution in [0.5, 0.6) is 5.75 Å². The molecule has 1 aromatic carbocycles. The van der Waals surface area contributed by atoms with Gasteiger partial charge >= 0.3 is 6.36 Å². The van der Waals surface area contributed by atoms with Crippen molar-refractivity contribution < 1.29 is 26.7 Å². The first-order valence-corrected chi connectivity index (χ1v) is 12.1. The average Bonchev–Trinajstić information content (AvgIpc) is 2.75. The van der Waals surface area contributed by atoms with Gasteiger partial charge in [0.05, 0.1) is 0 Å². The topological polar surface area (TPSA) is 9.23 Å². The Bertz CT molecular complexity index is 718. The van der Waals surface area contributed by atoms with Crippen LogP contribution in [0.2, 0.25) is 0 Å². The van der Waals surface area contributed by atoms with Crippen LogP contribution in [0.4, 0.5) is 22.0 Å². The number of hydrogen-bond acceptors (Lipinski definition) is 1. The van der Waals surface area contributed by atoms with Gasteiger partial charge in [0.1, 0.15) is 0 Å². The molecule has 0 radical (unpaired) electrons. The molecular weight excluding hydrogens is 423 g/mol. The molecule has 0 aromatic heterocycles. The van der Waals surface area contributed by atoms with Crippen molar-refractivity contribution in [3.63, 3.8) is 0 Å². The molecule has 2 fully saturated rings. The Labute approximate surface area is 188 Å². The highest BCUT2D eigenvalue weighted by Gasteiger charge is 2.35. The summed E-state index contributed by atoms with van der Waals surface area (Å²) in [7, 11) is 0. The maximum absolute atomic E-state index is 14.0. The summed E-state index contributed by atoms with van der Waals surface area (Å²) in [4.78, 5) is 0. The second-order valence-corrected chi connectivity index (χ2v) is 9.66. The number of rotatable bonds is 8. The third-order valence-electron chi connectivity index (χ3n) is 7.38. The molecule has 180 valence electrons. The third kappa shape index (κ3) is 7.48. The highest BCUT2D eigenvalue weighted by molar-refractivity contribution is 5.33. The predicted molar refractivity (Wildman–Crippen MR) is 116 cm³/mol. The summed E-state index contributed by atoms with van der Waals surface area (Å²) in [6.45, 7) is 2.17. The fourth-order valence-electron chi connectivity index (χ4n) is 5.50. The van der Waals surface area contributed by atoms with Gasteiger partial charge in [0.25, 0.3) is 0 Å². The predicted octanol–water partition coefficient (Wildman–Crippen LogP) is 9.08. The van der Waals surface area contributed by atoms with E-state index < -0.39 is 23.7 Å². The van der Waals surface area contributed by atoms with Crippen LogP contribution in [0.15, 0.2) is 24.3 Å². The molecule has 32 heavy (non-hydrogen) atoms. The lowest BCUT2D eigenvalue weighted by atomic mass is 9.74. The number of hydrogen-bond donors (Lipinski definition) is 0. The SMILES string of the molecule is CC/C=C/CC1CCC(CCC2CCC(c3cc(F)c(OC(F)(F)F)c(F)c3)CC2)CC1. The standard InChI is InChI=1S/C26H35F5O/c1-2-3-4-5-18-6-8-19(9-7-18)10-11-20-12-14-21(15-13-20)22-16-23(27)25(24(28)17-22)32-26(29,30)31/h3-4,16-21H,2,5-15H2,1H3/b4-3+.